The van der Waals surface area contributed by atoms with Gasteiger partial charge in [-0.15, -0.1) is 0 Å². The molecule has 0 spiro atoms. The molecule has 1 amide bonds. The molecule has 7 nitrogen and oxygen atoms in total. The highest BCUT2D eigenvalue weighted by atomic mass is 32.2. The number of nitrogens with zero attached hydrogens (tertiary/aromatic N) is 2. The lowest BCUT2D eigenvalue weighted by Gasteiger charge is -2.23. The van der Waals surface area contributed by atoms with Gasteiger partial charge in [0.25, 0.3) is 0 Å². The van der Waals surface area contributed by atoms with E-state index in [2.05, 4.69) is 10.3 Å². The van der Waals surface area contributed by atoms with Crippen LogP contribution in [-0.4, -0.2) is 54.1 Å². The van der Waals surface area contributed by atoms with E-state index in [0.29, 0.717) is 0 Å². The van der Waals surface area contributed by atoms with Crippen molar-refractivity contribution in [3.63, 3.8) is 0 Å². The standard InChI is InChI=1S/C15H25N3O4S/c1-10(2)15-16-5-6-18(15)13-9-23(20,21)8-12(13)17-14(19)7-22-11(3)4/h5-6,10-13H,7-9H2,1-4H3,(H,17,19)/t12-,13-/m1/s1. The molecule has 2 heterocycles. The van der Waals surface area contributed by atoms with Gasteiger partial charge >= 0.3 is 0 Å². The summed E-state index contributed by atoms with van der Waals surface area (Å²) in [4.78, 5) is 16.3. The predicted octanol–water partition coefficient (Wildman–Crippen LogP) is 0.886. The summed E-state index contributed by atoms with van der Waals surface area (Å²) in [5.41, 5.74) is 0. The Hall–Kier alpha value is -1.41. The van der Waals surface area contributed by atoms with E-state index in [1.807, 2.05) is 32.3 Å². The van der Waals surface area contributed by atoms with Gasteiger partial charge in [-0.1, -0.05) is 13.8 Å². The first-order valence-corrected chi connectivity index (χ1v) is 9.66. The molecule has 1 aromatic rings. The summed E-state index contributed by atoms with van der Waals surface area (Å²) in [6.07, 6.45) is 3.40. The number of hydrogen-bond acceptors (Lipinski definition) is 5. The molecule has 1 N–H and O–H groups in total. The summed E-state index contributed by atoms with van der Waals surface area (Å²) in [6.45, 7) is 7.63. The largest absolute Gasteiger partial charge is 0.369 e. The van der Waals surface area contributed by atoms with Crippen molar-refractivity contribution in [2.75, 3.05) is 18.1 Å². The Balaban J connectivity index is 2.16. The Morgan fingerprint density at radius 2 is 2.09 bits per heavy atom. The second-order valence-corrected chi connectivity index (χ2v) is 8.68. The molecule has 2 atom stereocenters. The highest BCUT2D eigenvalue weighted by Gasteiger charge is 2.40. The Labute approximate surface area is 137 Å². The van der Waals surface area contributed by atoms with Crippen LogP contribution in [0.1, 0.15) is 45.5 Å². The molecule has 1 fully saturated rings. The molecule has 23 heavy (non-hydrogen) atoms. The monoisotopic (exact) mass is 343 g/mol. The van der Waals surface area contributed by atoms with E-state index in [0.717, 1.165) is 5.82 Å². The van der Waals surface area contributed by atoms with Crippen molar-refractivity contribution in [2.45, 2.75) is 51.8 Å². The SMILES string of the molecule is CC(C)OCC(=O)N[C@@H]1CS(=O)(=O)C[C@H]1n1ccnc1C(C)C. The summed E-state index contributed by atoms with van der Waals surface area (Å²) in [5, 5.41) is 2.80. The summed E-state index contributed by atoms with van der Waals surface area (Å²) in [6, 6.07) is -0.794. The summed E-state index contributed by atoms with van der Waals surface area (Å²) in [7, 11) is -3.19. The molecule has 8 heteroatoms. The maximum atomic E-state index is 12.1. The van der Waals surface area contributed by atoms with E-state index in [1.54, 1.807) is 12.4 Å². The topological polar surface area (TPSA) is 90.3 Å². The molecular weight excluding hydrogens is 318 g/mol. The normalized spacial score (nSPS) is 23.6. The van der Waals surface area contributed by atoms with Crippen LogP contribution in [-0.2, 0) is 19.4 Å². The van der Waals surface area contributed by atoms with Crippen LogP contribution < -0.4 is 5.32 Å². The number of amides is 1. The number of carbonyl (C=O) groups excluding carboxylic acids is 1. The van der Waals surface area contributed by atoms with Gasteiger partial charge in [-0.25, -0.2) is 13.4 Å². The lowest BCUT2D eigenvalue weighted by Crippen LogP contribution is -2.43. The van der Waals surface area contributed by atoms with Gasteiger partial charge in [0.15, 0.2) is 9.84 Å². The molecule has 0 unspecified atom stereocenters. The second kappa shape index (κ2) is 7.00. The fraction of sp³-hybridized carbons (Fsp3) is 0.733. The van der Waals surface area contributed by atoms with E-state index in [4.69, 9.17) is 4.74 Å². The van der Waals surface area contributed by atoms with Crippen LogP contribution in [0.25, 0.3) is 0 Å². The number of ether oxygens (including phenoxy) is 1. The third kappa shape index (κ3) is 4.54. The van der Waals surface area contributed by atoms with E-state index < -0.39 is 15.9 Å². The third-order valence-electron chi connectivity index (χ3n) is 3.79. The van der Waals surface area contributed by atoms with Crippen molar-refractivity contribution >= 4 is 15.7 Å². The van der Waals surface area contributed by atoms with Crippen LogP contribution in [0.15, 0.2) is 12.4 Å². The van der Waals surface area contributed by atoms with Crippen LogP contribution in [0.3, 0.4) is 0 Å². The van der Waals surface area contributed by atoms with Gasteiger partial charge in [-0.3, -0.25) is 4.79 Å². The Morgan fingerprint density at radius 1 is 1.39 bits per heavy atom. The number of imidazole rings is 1. The molecular formula is C15H25N3O4S. The lowest BCUT2D eigenvalue weighted by atomic mass is 10.1. The zero-order chi connectivity index (χ0) is 17.2. The van der Waals surface area contributed by atoms with Crippen LogP contribution in [0.4, 0.5) is 0 Å². The minimum absolute atomic E-state index is 0.0130. The summed E-state index contributed by atoms with van der Waals surface area (Å²) >= 11 is 0. The molecule has 0 aliphatic carbocycles. The van der Waals surface area contributed by atoms with E-state index in [9.17, 15) is 13.2 Å². The van der Waals surface area contributed by atoms with Crippen LogP contribution >= 0.6 is 0 Å². The number of carbonyl (C=O) groups is 1. The van der Waals surface area contributed by atoms with Crippen molar-refractivity contribution < 1.29 is 17.9 Å². The van der Waals surface area contributed by atoms with Gasteiger partial charge in [0.2, 0.25) is 5.91 Å². The molecule has 0 saturated carbocycles. The summed E-state index contributed by atoms with van der Waals surface area (Å²) in [5.74, 6) is 0.663. The van der Waals surface area contributed by atoms with Gasteiger partial charge in [0, 0.05) is 18.3 Å². The van der Waals surface area contributed by atoms with Gasteiger partial charge < -0.3 is 14.6 Å². The van der Waals surface area contributed by atoms with Gasteiger partial charge in [0.05, 0.1) is 29.7 Å². The van der Waals surface area contributed by atoms with E-state index in [1.165, 1.54) is 0 Å². The van der Waals surface area contributed by atoms with E-state index in [-0.39, 0.29) is 42.1 Å². The minimum Gasteiger partial charge on any atom is -0.369 e. The number of aromatic nitrogens is 2. The quantitative estimate of drug-likeness (QED) is 0.828. The summed E-state index contributed by atoms with van der Waals surface area (Å²) < 4.78 is 31.3. The molecule has 1 aliphatic heterocycles. The van der Waals surface area contributed by atoms with Crippen molar-refractivity contribution in [3.05, 3.63) is 18.2 Å². The average Bonchev–Trinajstić information content (AvgIpc) is 3.00. The molecule has 2 rings (SSSR count). The Bertz CT molecular complexity index is 651. The van der Waals surface area contributed by atoms with E-state index >= 15 is 0 Å². The van der Waals surface area contributed by atoms with Crippen LogP contribution in [0.5, 0.6) is 0 Å². The second-order valence-electron chi connectivity index (χ2n) is 6.53. The number of sulfone groups is 1. The average molecular weight is 343 g/mol. The van der Waals surface area contributed by atoms with Crippen LogP contribution in [0, 0.1) is 0 Å². The highest BCUT2D eigenvalue weighted by Crippen LogP contribution is 2.27. The first-order chi connectivity index (χ1) is 10.7. The maximum Gasteiger partial charge on any atom is 0.246 e. The number of hydrogen-bond donors (Lipinski definition) is 1. The first-order valence-electron chi connectivity index (χ1n) is 7.83. The molecule has 1 aromatic heterocycles. The van der Waals surface area contributed by atoms with Crippen molar-refractivity contribution in [1.29, 1.82) is 0 Å². The smallest absolute Gasteiger partial charge is 0.246 e. The molecule has 0 aromatic carbocycles. The number of nitrogens with one attached hydrogen (secondary N) is 1. The fourth-order valence-corrected chi connectivity index (χ4v) is 4.69. The van der Waals surface area contributed by atoms with Gasteiger partial charge in [-0.05, 0) is 13.8 Å². The van der Waals surface area contributed by atoms with Crippen molar-refractivity contribution in [2.24, 2.45) is 0 Å². The molecule has 130 valence electrons. The zero-order valence-corrected chi connectivity index (χ0v) is 14.8. The maximum absolute atomic E-state index is 12.1. The molecule has 0 radical (unpaired) electrons. The van der Waals surface area contributed by atoms with Gasteiger partial charge in [0.1, 0.15) is 12.4 Å². The fourth-order valence-electron chi connectivity index (χ4n) is 2.78. The van der Waals surface area contributed by atoms with Crippen molar-refractivity contribution in [1.82, 2.24) is 14.9 Å². The number of rotatable bonds is 6. The predicted molar refractivity (Wildman–Crippen MR) is 87.0 cm³/mol. The molecule has 1 aliphatic rings. The van der Waals surface area contributed by atoms with Gasteiger partial charge in [-0.2, -0.15) is 0 Å². The molecule has 0 bridgehead atoms. The Kier molecular flexibility index (Phi) is 5.46. The zero-order valence-electron chi connectivity index (χ0n) is 14.0. The van der Waals surface area contributed by atoms with Crippen molar-refractivity contribution in [3.8, 4) is 0 Å². The van der Waals surface area contributed by atoms with Crippen LogP contribution in [0.2, 0.25) is 0 Å². The minimum atomic E-state index is -3.19. The third-order valence-corrected chi connectivity index (χ3v) is 5.51. The molecule has 1 saturated heterocycles. The highest BCUT2D eigenvalue weighted by molar-refractivity contribution is 7.91. The first kappa shape index (κ1) is 17.9. The lowest BCUT2D eigenvalue weighted by molar-refractivity contribution is -0.127. The Morgan fingerprint density at radius 3 is 2.70 bits per heavy atom.